The third-order valence-corrected chi connectivity index (χ3v) is 8.22. The van der Waals surface area contributed by atoms with Crippen LogP contribution in [0.3, 0.4) is 0 Å². The van der Waals surface area contributed by atoms with E-state index in [0.717, 1.165) is 31.6 Å². The van der Waals surface area contributed by atoms with Crippen molar-refractivity contribution in [1.82, 2.24) is 24.9 Å². The molecule has 0 amide bonds. The van der Waals surface area contributed by atoms with Crippen LogP contribution < -0.4 is 10.6 Å². The van der Waals surface area contributed by atoms with Crippen LogP contribution in [0.15, 0.2) is 67.0 Å². The van der Waals surface area contributed by atoms with E-state index in [-0.39, 0.29) is 22.4 Å². The van der Waals surface area contributed by atoms with Gasteiger partial charge in [0.1, 0.15) is 23.4 Å². The highest BCUT2D eigenvalue weighted by atomic mass is 35.5. The molecule has 1 saturated heterocycles. The molecule has 2 aromatic heterocycles. The van der Waals surface area contributed by atoms with Gasteiger partial charge in [0.25, 0.3) is 0 Å². The van der Waals surface area contributed by atoms with E-state index in [1.54, 1.807) is 18.2 Å². The summed E-state index contributed by atoms with van der Waals surface area (Å²) in [5.74, 6) is -0.904. The van der Waals surface area contributed by atoms with E-state index in [2.05, 4.69) is 43.8 Å². The number of nitrogens with one attached hydrogen (secondary N) is 2. The Kier molecular flexibility index (Phi) is 8.13. The Morgan fingerprint density at radius 1 is 1.07 bits per heavy atom. The first kappa shape index (κ1) is 28.8. The molecule has 0 spiro atoms. The average Bonchev–Trinajstić information content (AvgIpc) is 3.69. The topological polar surface area (TPSA) is 94.7 Å². The predicted octanol–water partition coefficient (Wildman–Crippen LogP) is 7.49. The number of benzene rings is 3. The van der Waals surface area contributed by atoms with Crippen LogP contribution in [-0.4, -0.2) is 44.5 Å². The van der Waals surface area contributed by atoms with Crippen LogP contribution in [0.25, 0.3) is 10.9 Å². The van der Waals surface area contributed by atoms with Crippen molar-refractivity contribution in [2.45, 2.75) is 25.4 Å². The van der Waals surface area contributed by atoms with Gasteiger partial charge < -0.3 is 15.5 Å². The molecule has 0 saturated carbocycles. The van der Waals surface area contributed by atoms with Crippen molar-refractivity contribution >= 4 is 51.2 Å². The number of pyridine rings is 1. The first-order valence-electron chi connectivity index (χ1n) is 13.7. The zero-order chi connectivity index (χ0) is 30.1. The van der Waals surface area contributed by atoms with Crippen molar-refractivity contribution in [1.29, 1.82) is 5.26 Å². The van der Waals surface area contributed by atoms with Gasteiger partial charge >= 0.3 is 0 Å². The number of likely N-dealkylation sites (tertiary alicyclic amines) is 1. The van der Waals surface area contributed by atoms with E-state index in [1.807, 2.05) is 16.9 Å². The Morgan fingerprint density at radius 3 is 2.58 bits per heavy atom. The second-order valence-corrected chi connectivity index (χ2v) is 11.2. The van der Waals surface area contributed by atoms with Crippen LogP contribution in [0.1, 0.15) is 42.2 Å². The Labute approximate surface area is 256 Å². The van der Waals surface area contributed by atoms with Crippen LogP contribution in [0.5, 0.6) is 0 Å². The van der Waals surface area contributed by atoms with Crippen LogP contribution in [0.2, 0.25) is 10.0 Å². The lowest BCUT2D eigenvalue weighted by Gasteiger charge is -2.20. The quantitative estimate of drug-likeness (QED) is 0.186. The molecule has 1 aliphatic rings. The van der Waals surface area contributed by atoms with Gasteiger partial charge in [-0.1, -0.05) is 47.5 Å². The SMILES string of the molecule is CCN1CCC(n2cc(C(Nc3cc(Cl)c4ncc(C#N)c(Nc5ccc(F)c(Cl)c5)c4c3)c3ccc(F)cc3)nn2)C1. The van der Waals surface area contributed by atoms with Crippen molar-refractivity contribution in [2.75, 3.05) is 30.3 Å². The Morgan fingerprint density at radius 2 is 1.86 bits per heavy atom. The number of halogens is 4. The van der Waals surface area contributed by atoms with Crippen molar-refractivity contribution in [3.63, 3.8) is 0 Å². The summed E-state index contributed by atoms with van der Waals surface area (Å²) in [6, 6.07) is 15.8. The summed E-state index contributed by atoms with van der Waals surface area (Å²) < 4.78 is 29.6. The van der Waals surface area contributed by atoms with Crippen LogP contribution in [-0.2, 0) is 0 Å². The van der Waals surface area contributed by atoms with E-state index >= 15 is 0 Å². The van der Waals surface area contributed by atoms with Gasteiger partial charge in [0.2, 0.25) is 0 Å². The molecule has 0 bridgehead atoms. The van der Waals surface area contributed by atoms with E-state index < -0.39 is 11.9 Å². The molecule has 2 unspecified atom stereocenters. The molecular formula is C31H26Cl2F2N8. The summed E-state index contributed by atoms with van der Waals surface area (Å²) >= 11 is 12.7. The Bertz CT molecular complexity index is 1840. The molecule has 5 aromatic rings. The van der Waals surface area contributed by atoms with E-state index in [0.29, 0.717) is 38.7 Å². The third kappa shape index (κ3) is 5.97. The minimum absolute atomic E-state index is 0.0579. The van der Waals surface area contributed by atoms with Crippen LogP contribution in [0, 0.1) is 23.0 Å². The normalized spacial score (nSPS) is 15.9. The van der Waals surface area contributed by atoms with Crippen molar-refractivity contribution in [3.05, 3.63) is 105 Å². The molecule has 3 aromatic carbocycles. The molecule has 6 rings (SSSR count). The number of anilines is 3. The lowest BCUT2D eigenvalue weighted by Crippen LogP contribution is -2.21. The number of aromatic nitrogens is 4. The molecule has 3 heterocycles. The predicted molar refractivity (Wildman–Crippen MR) is 164 cm³/mol. The number of rotatable bonds is 8. The molecule has 2 N–H and O–H groups in total. The minimum atomic E-state index is -0.554. The van der Waals surface area contributed by atoms with E-state index in [9.17, 15) is 14.0 Å². The van der Waals surface area contributed by atoms with E-state index in [4.69, 9.17) is 23.2 Å². The summed E-state index contributed by atoms with van der Waals surface area (Å²) in [6.07, 6.45) is 4.33. The van der Waals surface area contributed by atoms with Crippen molar-refractivity contribution < 1.29 is 8.78 Å². The average molecular weight is 620 g/mol. The number of nitriles is 1. The minimum Gasteiger partial charge on any atom is -0.373 e. The first-order valence-corrected chi connectivity index (χ1v) is 14.5. The third-order valence-electron chi connectivity index (χ3n) is 7.64. The van der Waals surface area contributed by atoms with Crippen LogP contribution in [0.4, 0.5) is 25.8 Å². The standard InChI is InChI=1S/C31H26Cl2F2N8/c1-2-42-10-9-23(16-42)43-17-28(40-41-43)30(18-3-5-20(34)6-4-18)39-22-11-24-29(38-21-7-8-27(35)25(32)12-21)19(14-36)15-37-31(24)26(33)13-22/h3-8,11-13,15,17,23,30,39H,2,9-10,16H2,1H3,(H,37,38). The van der Waals surface area contributed by atoms with Gasteiger partial charge in [0, 0.05) is 36.0 Å². The fourth-order valence-corrected chi connectivity index (χ4v) is 5.80. The largest absolute Gasteiger partial charge is 0.373 e. The highest BCUT2D eigenvalue weighted by Gasteiger charge is 2.26. The zero-order valence-electron chi connectivity index (χ0n) is 23.0. The highest BCUT2D eigenvalue weighted by Crippen LogP contribution is 2.37. The molecule has 8 nitrogen and oxygen atoms in total. The lowest BCUT2D eigenvalue weighted by atomic mass is 10.0. The summed E-state index contributed by atoms with van der Waals surface area (Å²) in [4.78, 5) is 6.78. The van der Waals surface area contributed by atoms with Crippen LogP contribution >= 0.6 is 23.2 Å². The monoisotopic (exact) mass is 618 g/mol. The molecule has 218 valence electrons. The Balaban J connectivity index is 1.40. The molecule has 0 radical (unpaired) electrons. The lowest BCUT2D eigenvalue weighted by molar-refractivity contribution is 0.334. The smallest absolute Gasteiger partial charge is 0.141 e. The van der Waals surface area contributed by atoms with Gasteiger partial charge in [-0.3, -0.25) is 4.98 Å². The zero-order valence-corrected chi connectivity index (χ0v) is 24.5. The second-order valence-electron chi connectivity index (χ2n) is 10.4. The second kappa shape index (κ2) is 12.1. The maximum atomic E-state index is 13.9. The molecule has 1 aliphatic heterocycles. The van der Waals surface area contributed by atoms with Crippen molar-refractivity contribution in [2.24, 2.45) is 0 Å². The van der Waals surface area contributed by atoms with E-state index in [1.165, 1.54) is 36.5 Å². The molecule has 2 atom stereocenters. The highest BCUT2D eigenvalue weighted by molar-refractivity contribution is 6.36. The van der Waals surface area contributed by atoms with Gasteiger partial charge in [-0.15, -0.1) is 5.10 Å². The molecule has 0 aliphatic carbocycles. The first-order chi connectivity index (χ1) is 20.8. The Hall–Kier alpha value is -4.30. The summed E-state index contributed by atoms with van der Waals surface area (Å²) in [5.41, 5.74) is 3.68. The molecule has 1 fully saturated rings. The van der Waals surface area contributed by atoms with Gasteiger partial charge in [-0.2, -0.15) is 5.26 Å². The van der Waals surface area contributed by atoms with Crippen molar-refractivity contribution in [3.8, 4) is 6.07 Å². The number of hydrogen-bond donors (Lipinski definition) is 2. The number of hydrogen-bond acceptors (Lipinski definition) is 7. The molecular weight excluding hydrogens is 593 g/mol. The molecule has 12 heteroatoms. The van der Waals surface area contributed by atoms with Gasteiger partial charge in [0.05, 0.1) is 45.1 Å². The number of fused-ring (bicyclic) bond motifs is 1. The van der Waals surface area contributed by atoms with Gasteiger partial charge in [-0.05, 0) is 61.0 Å². The fraction of sp³-hybridized carbons (Fsp3) is 0.226. The summed E-state index contributed by atoms with van der Waals surface area (Å²) in [7, 11) is 0. The maximum Gasteiger partial charge on any atom is 0.141 e. The summed E-state index contributed by atoms with van der Waals surface area (Å²) in [5, 5.41) is 26.3. The number of nitrogens with zero attached hydrogens (tertiary/aromatic N) is 6. The van der Waals surface area contributed by atoms with Gasteiger partial charge in [0.15, 0.2) is 0 Å². The van der Waals surface area contributed by atoms with Gasteiger partial charge in [-0.25, -0.2) is 13.5 Å². The maximum absolute atomic E-state index is 13.9. The summed E-state index contributed by atoms with van der Waals surface area (Å²) in [6.45, 7) is 5.03. The number of likely N-dealkylation sites (N-methyl/N-ethyl adjacent to an activating group) is 1. The molecule has 43 heavy (non-hydrogen) atoms. The fourth-order valence-electron chi connectivity index (χ4n) is 5.35.